The van der Waals surface area contributed by atoms with Gasteiger partial charge in [0.1, 0.15) is 5.75 Å². The summed E-state index contributed by atoms with van der Waals surface area (Å²) in [5, 5.41) is 14.3. The third-order valence-electron chi connectivity index (χ3n) is 4.70. The van der Waals surface area contributed by atoms with Crippen molar-refractivity contribution in [3.63, 3.8) is 0 Å². The number of amides is 1. The zero-order valence-electron chi connectivity index (χ0n) is 15.9. The second-order valence-electron chi connectivity index (χ2n) is 6.92. The average molecular weight is 429 g/mol. The van der Waals surface area contributed by atoms with Gasteiger partial charge < -0.3 is 10.1 Å². The van der Waals surface area contributed by atoms with E-state index in [1.807, 2.05) is 0 Å². The Balaban J connectivity index is 1.58. The van der Waals surface area contributed by atoms with Crippen LogP contribution in [-0.2, 0) is 4.79 Å². The van der Waals surface area contributed by atoms with E-state index in [0.717, 1.165) is 12.8 Å². The van der Waals surface area contributed by atoms with Crippen molar-refractivity contribution in [1.29, 1.82) is 0 Å². The fourth-order valence-corrected chi connectivity index (χ4v) is 4.03. The van der Waals surface area contributed by atoms with Gasteiger partial charge in [-0.2, -0.15) is 4.68 Å². The highest BCUT2D eigenvalue weighted by Gasteiger charge is 2.31. The van der Waals surface area contributed by atoms with E-state index in [9.17, 15) is 18.0 Å². The first-order valence-corrected chi connectivity index (χ1v) is 10.3. The van der Waals surface area contributed by atoms with Crippen molar-refractivity contribution < 1.29 is 22.7 Å². The molecule has 0 spiro atoms. The lowest BCUT2D eigenvalue weighted by atomic mass is 9.89. The van der Waals surface area contributed by atoms with Crippen molar-refractivity contribution in [3.05, 3.63) is 24.3 Å². The maximum absolute atomic E-state index is 12.4. The maximum atomic E-state index is 12.4. The molecule has 2 aromatic rings. The van der Waals surface area contributed by atoms with E-state index in [4.69, 9.17) is 0 Å². The first-order valence-electron chi connectivity index (χ1n) is 9.41. The molecule has 1 fully saturated rings. The number of aromatic nitrogens is 4. The molecule has 0 radical (unpaired) electrons. The molecule has 158 valence electrons. The van der Waals surface area contributed by atoms with E-state index in [2.05, 4.69) is 25.6 Å². The fourth-order valence-electron chi connectivity index (χ4n) is 3.20. The fraction of sp³-hybridized carbons (Fsp3) is 0.556. The largest absolute Gasteiger partial charge is 0.573 e. The summed E-state index contributed by atoms with van der Waals surface area (Å²) in [6.07, 6.45) is 1.24. The molecule has 1 N–H and O–H groups in total. The van der Waals surface area contributed by atoms with Crippen LogP contribution in [0.4, 0.5) is 13.2 Å². The Labute approximate surface area is 170 Å². The lowest BCUT2D eigenvalue weighted by molar-refractivity contribution is -0.274. The van der Waals surface area contributed by atoms with Crippen molar-refractivity contribution in [2.24, 2.45) is 5.92 Å². The van der Waals surface area contributed by atoms with Crippen molar-refractivity contribution >= 4 is 17.7 Å². The van der Waals surface area contributed by atoms with E-state index < -0.39 is 11.6 Å². The normalized spacial score (nSPS) is 16.4. The predicted octanol–water partition coefficient (Wildman–Crippen LogP) is 3.74. The summed E-state index contributed by atoms with van der Waals surface area (Å²) in [4.78, 5) is 12.4. The van der Waals surface area contributed by atoms with Crippen LogP contribution in [-0.4, -0.2) is 44.3 Å². The minimum absolute atomic E-state index is 0.0935. The number of halogens is 3. The van der Waals surface area contributed by atoms with E-state index in [1.165, 1.54) is 60.0 Å². The number of hydrogen-bond donors (Lipinski definition) is 1. The van der Waals surface area contributed by atoms with Crippen LogP contribution in [0.2, 0.25) is 0 Å². The predicted molar refractivity (Wildman–Crippen MR) is 101 cm³/mol. The zero-order valence-corrected chi connectivity index (χ0v) is 16.7. The molecule has 1 aliphatic carbocycles. The third-order valence-corrected chi connectivity index (χ3v) is 5.73. The average Bonchev–Trinajstić information content (AvgIpc) is 3.14. The molecule has 0 aliphatic heterocycles. The summed E-state index contributed by atoms with van der Waals surface area (Å²) in [6.45, 7) is 2.44. The van der Waals surface area contributed by atoms with Gasteiger partial charge >= 0.3 is 6.36 Å². The molecule has 1 aliphatic rings. The molecule has 7 nitrogen and oxygen atoms in total. The molecule has 1 amide bonds. The molecular weight excluding hydrogens is 407 g/mol. The Morgan fingerprint density at radius 3 is 2.62 bits per heavy atom. The van der Waals surface area contributed by atoms with Gasteiger partial charge in [-0.1, -0.05) is 31.0 Å². The van der Waals surface area contributed by atoms with Gasteiger partial charge in [-0.05, 0) is 60.4 Å². The Kier molecular flexibility index (Phi) is 6.99. The molecule has 1 atom stereocenters. The number of carbonyl (C=O) groups excluding carboxylic acids is 1. The lowest BCUT2D eigenvalue weighted by Crippen LogP contribution is -2.35. The van der Waals surface area contributed by atoms with E-state index in [-0.39, 0.29) is 11.7 Å². The molecule has 1 unspecified atom stereocenters. The number of benzene rings is 1. The van der Waals surface area contributed by atoms with Crippen LogP contribution < -0.4 is 10.1 Å². The maximum Gasteiger partial charge on any atom is 0.573 e. The molecule has 0 saturated heterocycles. The standard InChI is InChI=1S/C18H22F3N5O2S/c1-12(16(27)22-11-13-5-3-2-4-6-13)29-17-23-24-25-26(17)14-7-9-15(10-8-14)28-18(19,20)21/h7-10,12-13H,2-6,11H2,1H3,(H,22,27). The van der Waals surface area contributed by atoms with Crippen LogP contribution in [0.1, 0.15) is 39.0 Å². The van der Waals surface area contributed by atoms with Gasteiger partial charge in [0.15, 0.2) is 0 Å². The van der Waals surface area contributed by atoms with Gasteiger partial charge in [0.2, 0.25) is 11.1 Å². The summed E-state index contributed by atoms with van der Waals surface area (Å²) < 4.78 is 42.1. The minimum Gasteiger partial charge on any atom is -0.406 e. The first kappa shape index (κ1) is 21.4. The quantitative estimate of drug-likeness (QED) is 0.676. The number of rotatable bonds is 7. The Morgan fingerprint density at radius 1 is 1.28 bits per heavy atom. The van der Waals surface area contributed by atoms with Crippen molar-refractivity contribution in [3.8, 4) is 11.4 Å². The number of tetrazole rings is 1. The smallest absolute Gasteiger partial charge is 0.406 e. The number of alkyl halides is 3. The third kappa shape index (κ3) is 6.34. The van der Waals surface area contributed by atoms with Crippen molar-refractivity contribution in [2.45, 2.75) is 55.8 Å². The van der Waals surface area contributed by atoms with Crippen LogP contribution >= 0.6 is 11.8 Å². The highest BCUT2D eigenvalue weighted by Crippen LogP contribution is 2.27. The second-order valence-corrected chi connectivity index (χ2v) is 8.23. The van der Waals surface area contributed by atoms with Crippen LogP contribution in [0.5, 0.6) is 5.75 Å². The van der Waals surface area contributed by atoms with Crippen molar-refractivity contribution in [1.82, 2.24) is 25.5 Å². The van der Waals surface area contributed by atoms with Crippen molar-refractivity contribution in [2.75, 3.05) is 6.54 Å². The molecule has 29 heavy (non-hydrogen) atoms. The highest BCUT2D eigenvalue weighted by molar-refractivity contribution is 8.00. The molecule has 1 aromatic heterocycles. The molecular formula is C18H22F3N5O2S. The van der Waals surface area contributed by atoms with Crippen LogP contribution in [0.3, 0.4) is 0 Å². The highest BCUT2D eigenvalue weighted by atomic mass is 32.2. The Morgan fingerprint density at radius 2 is 1.97 bits per heavy atom. The number of nitrogens with one attached hydrogen (secondary N) is 1. The number of nitrogens with zero attached hydrogens (tertiary/aromatic N) is 4. The summed E-state index contributed by atoms with van der Waals surface area (Å²) in [5.41, 5.74) is 0.460. The minimum atomic E-state index is -4.75. The molecule has 1 saturated carbocycles. The number of hydrogen-bond acceptors (Lipinski definition) is 6. The van der Waals surface area contributed by atoms with Gasteiger partial charge in [-0.3, -0.25) is 4.79 Å². The molecule has 1 aromatic carbocycles. The van der Waals surface area contributed by atoms with Gasteiger partial charge in [0.05, 0.1) is 10.9 Å². The zero-order chi connectivity index (χ0) is 20.9. The Bertz CT molecular complexity index is 807. The molecule has 3 rings (SSSR count). The SMILES string of the molecule is CC(Sc1nnnn1-c1ccc(OC(F)(F)F)cc1)C(=O)NCC1CCCCC1. The number of thioether (sulfide) groups is 1. The Hall–Kier alpha value is -2.30. The molecule has 11 heteroatoms. The van der Waals surface area contributed by atoms with Gasteiger partial charge in [0, 0.05) is 6.54 Å². The van der Waals surface area contributed by atoms with Crippen LogP contribution in [0.15, 0.2) is 29.4 Å². The van der Waals surface area contributed by atoms with Gasteiger partial charge in [-0.25, -0.2) is 0 Å². The first-order chi connectivity index (χ1) is 13.8. The second kappa shape index (κ2) is 9.47. The van der Waals surface area contributed by atoms with Crippen LogP contribution in [0, 0.1) is 5.92 Å². The number of ether oxygens (including phenoxy) is 1. The molecule has 0 bridgehead atoms. The molecule has 1 heterocycles. The van der Waals surface area contributed by atoms with E-state index in [1.54, 1.807) is 6.92 Å². The summed E-state index contributed by atoms with van der Waals surface area (Å²) >= 11 is 1.18. The topological polar surface area (TPSA) is 81.9 Å². The summed E-state index contributed by atoms with van der Waals surface area (Å²) in [7, 11) is 0. The lowest BCUT2D eigenvalue weighted by Gasteiger charge is -2.22. The summed E-state index contributed by atoms with van der Waals surface area (Å²) in [5.74, 6) is 0.107. The monoisotopic (exact) mass is 429 g/mol. The van der Waals surface area contributed by atoms with Crippen LogP contribution in [0.25, 0.3) is 5.69 Å². The van der Waals surface area contributed by atoms with E-state index in [0.29, 0.717) is 23.3 Å². The van der Waals surface area contributed by atoms with Gasteiger partial charge in [0.25, 0.3) is 0 Å². The van der Waals surface area contributed by atoms with E-state index >= 15 is 0 Å². The van der Waals surface area contributed by atoms with Gasteiger partial charge in [-0.15, -0.1) is 18.3 Å². The number of carbonyl (C=O) groups is 1. The summed E-state index contributed by atoms with van der Waals surface area (Å²) in [6, 6.07) is 5.18.